The van der Waals surface area contributed by atoms with E-state index in [1.54, 1.807) is 0 Å². The summed E-state index contributed by atoms with van der Waals surface area (Å²) in [5.74, 6) is -0.119. The second-order valence-electron chi connectivity index (χ2n) is 6.72. The Bertz CT molecular complexity index is 1010. The lowest BCUT2D eigenvalue weighted by Gasteiger charge is -2.19. The number of methoxy groups -OCH3 is 2. The predicted octanol–water partition coefficient (Wildman–Crippen LogP) is 3.75. The zero-order chi connectivity index (χ0) is 23.3. The van der Waals surface area contributed by atoms with Gasteiger partial charge in [0.25, 0.3) is 0 Å². The molecule has 1 aromatic carbocycles. The molecular weight excluding hydrogens is 462 g/mol. The summed E-state index contributed by atoms with van der Waals surface area (Å²) in [5.41, 5.74) is 0.316. The lowest BCUT2D eigenvalue weighted by atomic mass is 10.1. The van der Waals surface area contributed by atoms with Gasteiger partial charge in [0.1, 0.15) is 17.3 Å². The van der Waals surface area contributed by atoms with Crippen LogP contribution in [0, 0.1) is 0 Å². The predicted molar refractivity (Wildman–Crippen MR) is 121 cm³/mol. The van der Waals surface area contributed by atoms with Crippen LogP contribution in [0.5, 0.6) is 11.5 Å². The van der Waals surface area contributed by atoms with Crippen molar-refractivity contribution in [2.75, 3.05) is 32.8 Å². The Morgan fingerprint density at radius 3 is 2.34 bits per heavy atom. The van der Waals surface area contributed by atoms with Crippen molar-refractivity contribution in [3.63, 3.8) is 0 Å². The lowest BCUT2D eigenvalue weighted by Crippen LogP contribution is -2.45. The number of rotatable bonds is 8. The molecule has 2 aromatic rings. The van der Waals surface area contributed by atoms with E-state index in [4.69, 9.17) is 37.4 Å². The molecule has 0 bridgehead atoms. The second kappa shape index (κ2) is 10.6. The summed E-state index contributed by atoms with van der Waals surface area (Å²) < 4.78 is 30.7. The van der Waals surface area contributed by atoms with E-state index in [1.165, 1.54) is 38.8 Å². The Labute approximate surface area is 194 Å². The summed E-state index contributed by atoms with van der Waals surface area (Å²) >= 11 is 12.6. The summed E-state index contributed by atoms with van der Waals surface area (Å²) in [6.07, 6.45) is 4.97. The number of amides is 1. The molecule has 11 heteroatoms. The number of benzene rings is 1. The quantitative estimate of drug-likeness (QED) is 0.553. The van der Waals surface area contributed by atoms with Crippen LogP contribution in [0.2, 0.25) is 10.0 Å². The first kappa shape index (κ1) is 23.8. The number of carbonyl (C=O) groups is 1. The minimum absolute atomic E-state index is 0.114. The van der Waals surface area contributed by atoms with E-state index in [2.05, 4.69) is 27.2 Å². The molecule has 2 atom stereocenters. The topological polar surface area (TPSA) is 94.6 Å². The minimum Gasteiger partial charge on any atom is -0.495 e. The van der Waals surface area contributed by atoms with E-state index in [9.17, 15) is 9.18 Å². The van der Waals surface area contributed by atoms with E-state index in [1.807, 2.05) is 0 Å². The van der Waals surface area contributed by atoms with Crippen molar-refractivity contribution < 1.29 is 23.4 Å². The van der Waals surface area contributed by atoms with Gasteiger partial charge in [-0.2, -0.15) is 0 Å². The van der Waals surface area contributed by atoms with Crippen molar-refractivity contribution in [2.24, 2.45) is 0 Å². The van der Waals surface area contributed by atoms with Gasteiger partial charge in [-0.15, -0.1) is 0 Å². The van der Waals surface area contributed by atoms with E-state index in [-0.39, 0.29) is 45.1 Å². The number of hydrogen-bond donors (Lipinski definition) is 2. The molecule has 1 aromatic heterocycles. The van der Waals surface area contributed by atoms with Gasteiger partial charge in [-0.25, -0.2) is 14.4 Å². The monoisotopic (exact) mass is 482 g/mol. The first-order valence-electron chi connectivity index (χ1n) is 9.44. The highest BCUT2D eigenvalue weighted by Gasteiger charge is 2.29. The molecule has 1 amide bonds. The number of hydrogen-bond acceptors (Lipinski definition) is 7. The van der Waals surface area contributed by atoms with Gasteiger partial charge >= 0.3 is 0 Å². The van der Waals surface area contributed by atoms with E-state index >= 15 is 0 Å². The number of anilines is 1. The number of nitrogens with zero attached hydrogens (tertiary/aromatic N) is 2. The van der Waals surface area contributed by atoms with Crippen LogP contribution >= 0.6 is 23.2 Å². The highest BCUT2D eigenvalue weighted by Crippen LogP contribution is 2.42. The third-order valence-electron chi connectivity index (χ3n) is 4.71. The zero-order valence-electron chi connectivity index (χ0n) is 17.3. The highest BCUT2D eigenvalue weighted by molar-refractivity contribution is 6.39. The summed E-state index contributed by atoms with van der Waals surface area (Å²) in [7, 11) is 2.86. The Kier molecular flexibility index (Phi) is 7.89. The van der Waals surface area contributed by atoms with Gasteiger partial charge in [0.2, 0.25) is 11.9 Å². The van der Waals surface area contributed by atoms with Crippen LogP contribution in [0.3, 0.4) is 0 Å². The zero-order valence-corrected chi connectivity index (χ0v) is 18.8. The SMILES string of the molecule is C=CC(=O)N[C@@H]1COC[C@@H]1Nc1ncc(/C(F)=C/c2c(Cl)c(OC)cc(OC)c2Cl)cn1. The molecule has 170 valence electrons. The van der Waals surface area contributed by atoms with Crippen LogP contribution in [0.4, 0.5) is 10.3 Å². The molecule has 0 saturated carbocycles. The number of ether oxygens (including phenoxy) is 3. The maximum absolute atomic E-state index is 14.9. The highest BCUT2D eigenvalue weighted by atomic mass is 35.5. The van der Waals surface area contributed by atoms with Gasteiger partial charge in [-0.05, 0) is 12.2 Å². The van der Waals surface area contributed by atoms with Crippen molar-refractivity contribution in [2.45, 2.75) is 12.1 Å². The number of halogens is 3. The molecule has 2 heterocycles. The summed E-state index contributed by atoms with van der Waals surface area (Å²) in [5, 5.41) is 6.12. The Balaban J connectivity index is 1.78. The van der Waals surface area contributed by atoms with E-state index in [0.29, 0.717) is 24.7 Å². The van der Waals surface area contributed by atoms with Crippen molar-refractivity contribution >= 4 is 47.0 Å². The first-order chi connectivity index (χ1) is 15.4. The van der Waals surface area contributed by atoms with Crippen molar-refractivity contribution in [1.82, 2.24) is 15.3 Å². The van der Waals surface area contributed by atoms with Crippen molar-refractivity contribution in [3.05, 3.63) is 52.3 Å². The largest absolute Gasteiger partial charge is 0.495 e. The fourth-order valence-electron chi connectivity index (χ4n) is 3.01. The summed E-state index contributed by atoms with van der Waals surface area (Å²) in [6, 6.07) is 1.00. The molecule has 0 radical (unpaired) electrons. The molecule has 1 saturated heterocycles. The van der Waals surface area contributed by atoms with Gasteiger partial charge in [0.15, 0.2) is 0 Å². The van der Waals surface area contributed by atoms with Gasteiger partial charge in [0, 0.05) is 29.6 Å². The standard InChI is InChI=1S/C21H21Cl2FN4O4/c1-4-18(29)27-14-9-32-10-15(14)28-21-25-7-11(8-26-21)13(24)5-12-19(22)16(30-2)6-17(31-3)20(12)23/h4-8,14-15H,1,9-10H2,2-3H3,(H,27,29)(H,25,26,28)/b13-5-/t14-,15+/m1/s1. The molecule has 1 aliphatic rings. The van der Waals surface area contributed by atoms with Crippen LogP contribution in [0.25, 0.3) is 11.9 Å². The van der Waals surface area contributed by atoms with Crippen molar-refractivity contribution in [3.8, 4) is 11.5 Å². The molecule has 1 fully saturated rings. The van der Waals surface area contributed by atoms with Gasteiger partial charge in [-0.1, -0.05) is 29.8 Å². The molecule has 0 aliphatic carbocycles. The number of nitrogens with one attached hydrogen (secondary N) is 2. The van der Waals surface area contributed by atoms with E-state index in [0.717, 1.165) is 6.08 Å². The van der Waals surface area contributed by atoms with Crippen LogP contribution in [0.15, 0.2) is 31.1 Å². The maximum Gasteiger partial charge on any atom is 0.243 e. The van der Waals surface area contributed by atoms with Crippen LogP contribution < -0.4 is 20.1 Å². The maximum atomic E-state index is 14.9. The van der Waals surface area contributed by atoms with Gasteiger partial charge < -0.3 is 24.8 Å². The minimum atomic E-state index is -0.657. The molecule has 3 rings (SSSR count). The summed E-state index contributed by atoms with van der Waals surface area (Å²) in [6.45, 7) is 4.13. The fraction of sp³-hybridized carbons (Fsp3) is 0.286. The third-order valence-corrected chi connectivity index (χ3v) is 5.49. The molecule has 2 N–H and O–H groups in total. The Hall–Kier alpha value is -2.88. The van der Waals surface area contributed by atoms with Gasteiger partial charge in [0.05, 0.1) is 49.6 Å². The average molecular weight is 483 g/mol. The average Bonchev–Trinajstić information content (AvgIpc) is 3.23. The molecule has 8 nitrogen and oxygen atoms in total. The third kappa shape index (κ3) is 5.29. The van der Waals surface area contributed by atoms with Gasteiger partial charge in [-0.3, -0.25) is 4.79 Å². The lowest BCUT2D eigenvalue weighted by molar-refractivity contribution is -0.117. The van der Waals surface area contributed by atoms with Crippen LogP contribution in [-0.4, -0.2) is 55.4 Å². The molecule has 0 spiro atoms. The Morgan fingerprint density at radius 1 is 1.19 bits per heavy atom. The molecule has 0 unspecified atom stereocenters. The summed E-state index contributed by atoms with van der Waals surface area (Å²) in [4.78, 5) is 19.8. The van der Waals surface area contributed by atoms with E-state index < -0.39 is 5.83 Å². The second-order valence-corrected chi connectivity index (χ2v) is 7.47. The van der Waals surface area contributed by atoms with Crippen LogP contribution in [-0.2, 0) is 9.53 Å². The number of aromatic nitrogens is 2. The fourth-order valence-corrected chi connectivity index (χ4v) is 3.62. The van der Waals surface area contributed by atoms with Crippen LogP contribution in [0.1, 0.15) is 11.1 Å². The molecule has 1 aliphatic heterocycles. The smallest absolute Gasteiger partial charge is 0.243 e. The molecule has 32 heavy (non-hydrogen) atoms. The Morgan fingerprint density at radius 2 is 1.78 bits per heavy atom. The van der Waals surface area contributed by atoms with Crippen molar-refractivity contribution in [1.29, 1.82) is 0 Å². The molecular formula is C21H21Cl2FN4O4. The first-order valence-corrected chi connectivity index (χ1v) is 10.2. The normalized spacial score (nSPS) is 18.2. The number of carbonyl (C=O) groups excluding carboxylic acids is 1.